The van der Waals surface area contributed by atoms with Crippen LogP contribution in [0, 0.1) is 20.7 Å². The summed E-state index contributed by atoms with van der Waals surface area (Å²) in [6, 6.07) is 2.03. The fourth-order valence-corrected chi connectivity index (χ4v) is 1.81. The van der Waals surface area contributed by atoms with E-state index in [9.17, 15) is 0 Å². The summed E-state index contributed by atoms with van der Waals surface area (Å²) in [7, 11) is 0. The predicted octanol–water partition coefficient (Wildman–Crippen LogP) is 1.74. The fraction of sp³-hybridized carbons (Fsp3) is 0.143. The summed E-state index contributed by atoms with van der Waals surface area (Å²) in [6.07, 6.45) is 0.249. The van der Waals surface area contributed by atoms with Crippen molar-refractivity contribution < 1.29 is 0 Å². The SMILES string of the molecule is N#CCc1[nH]nc2[nH]c(=S)[nH]c(=S)c12. The lowest BCUT2D eigenvalue weighted by Gasteiger charge is -1.91. The second-order valence-corrected chi connectivity index (χ2v) is 3.49. The van der Waals surface area contributed by atoms with Gasteiger partial charge in [0.1, 0.15) is 4.64 Å². The molecule has 0 fully saturated rings. The summed E-state index contributed by atoms with van der Waals surface area (Å²) in [5.74, 6) is 0. The Morgan fingerprint density at radius 3 is 2.86 bits per heavy atom. The van der Waals surface area contributed by atoms with E-state index in [0.29, 0.717) is 20.8 Å². The molecule has 0 unspecified atom stereocenters. The van der Waals surface area contributed by atoms with Crippen molar-refractivity contribution in [1.29, 1.82) is 5.26 Å². The Balaban J connectivity index is 2.87. The van der Waals surface area contributed by atoms with Gasteiger partial charge in [-0.25, -0.2) is 0 Å². The second kappa shape index (κ2) is 3.32. The lowest BCUT2D eigenvalue weighted by molar-refractivity contribution is 1.02. The van der Waals surface area contributed by atoms with Crippen LogP contribution < -0.4 is 0 Å². The van der Waals surface area contributed by atoms with Crippen molar-refractivity contribution in [3.8, 4) is 6.07 Å². The smallest absolute Gasteiger partial charge is 0.177 e. The summed E-state index contributed by atoms with van der Waals surface area (Å²) in [5.41, 5.74) is 1.29. The van der Waals surface area contributed by atoms with Gasteiger partial charge < -0.3 is 9.97 Å². The van der Waals surface area contributed by atoms with Gasteiger partial charge in [0.15, 0.2) is 10.4 Å². The monoisotopic (exact) mass is 223 g/mol. The highest BCUT2D eigenvalue weighted by Gasteiger charge is 2.06. The molecule has 0 bridgehead atoms. The zero-order valence-corrected chi connectivity index (χ0v) is 8.55. The zero-order valence-electron chi connectivity index (χ0n) is 6.92. The number of fused-ring (bicyclic) bond motifs is 1. The highest BCUT2D eigenvalue weighted by atomic mass is 32.1. The molecule has 0 radical (unpaired) electrons. The third kappa shape index (κ3) is 1.34. The molecule has 0 aromatic carbocycles. The minimum Gasteiger partial charge on any atom is -0.323 e. The summed E-state index contributed by atoms with van der Waals surface area (Å²) in [5, 5.41) is 16.0. The van der Waals surface area contributed by atoms with E-state index in [0.717, 1.165) is 5.39 Å². The average Bonchev–Trinajstić information content (AvgIpc) is 2.49. The molecular weight excluding hydrogens is 218 g/mol. The molecule has 2 aromatic heterocycles. The number of aromatic nitrogens is 4. The van der Waals surface area contributed by atoms with Crippen molar-refractivity contribution in [1.82, 2.24) is 20.2 Å². The summed E-state index contributed by atoms with van der Waals surface area (Å²) in [6.45, 7) is 0. The lowest BCUT2D eigenvalue weighted by atomic mass is 10.2. The molecule has 0 saturated heterocycles. The topological polar surface area (TPSA) is 84.0 Å². The average molecular weight is 223 g/mol. The van der Waals surface area contributed by atoms with E-state index in [1.54, 1.807) is 0 Å². The van der Waals surface area contributed by atoms with Gasteiger partial charge in [0.25, 0.3) is 0 Å². The van der Waals surface area contributed by atoms with Crippen LogP contribution in [0.15, 0.2) is 0 Å². The van der Waals surface area contributed by atoms with Crippen LogP contribution in [0.4, 0.5) is 0 Å². The molecule has 0 aliphatic heterocycles. The molecule has 0 saturated carbocycles. The molecule has 70 valence electrons. The van der Waals surface area contributed by atoms with Crippen LogP contribution in [0.2, 0.25) is 0 Å². The molecule has 2 rings (SSSR count). The van der Waals surface area contributed by atoms with E-state index >= 15 is 0 Å². The van der Waals surface area contributed by atoms with Gasteiger partial charge in [-0.3, -0.25) is 5.10 Å². The minimum atomic E-state index is 0.249. The molecule has 2 aromatic rings. The zero-order chi connectivity index (χ0) is 10.1. The lowest BCUT2D eigenvalue weighted by Crippen LogP contribution is -1.86. The van der Waals surface area contributed by atoms with Gasteiger partial charge in [-0.05, 0) is 12.2 Å². The number of aromatic amines is 3. The maximum atomic E-state index is 8.57. The van der Waals surface area contributed by atoms with Crippen LogP contribution in [-0.4, -0.2) is 20.2 Å². The Hall–Kier alpha value is -1.52. The molecule has 0 spiro atoms. The Morgan fingerprint density at radius 2 is 2.14 bits per heavy atom. The van der Waals surface area contributed by atoms with E-state index in [1.807, 2.05) is 6.07 Å². The summed E-state index contributed by atoms with van der Waals surface area (Å²) < 4.78 is 0.931. The first-order chi connectivity index (χ1) is 6.72. The number of nitrogens with zero attached hydrogens (tertiary/aromatic N) is 2. The normalized spacial score (nSPS) is 10.2. The maximum absolute atomic E-state index is 8.57. The molecule has 0 aliphatic carbocycles. The van der Waals surface area contributed by atoms with Crippen molar-refractivity contribution in [3.05, 3.63) is 15.1 Å². The van der Waals surface area contributed by atoms with Crippen LogP contribution >= 0.6 is 24.4 Å². The Morgan fingerprint density at radius 1 is 1.36 bits per heavy atom. The van der Waals surface area contributed by atoms with E-state index in [1.165, 1.54) is 0 Å². The third-order valence-corrected chi connectivity index (χ3v) is 2.29. The van der Waals surface area contributed by atoms with Crippen molar-refractivity contribution in [2.75, 3.05) is 0 Å². The van der Waals surface area contributed by atoms with Gasteiger partial charge in [0.05, 0.1) is 23.6 Å². The number of hydrogen-bond donors (Lipinski definition) is 3. The van der Waals surface area contributed by atoms with Crippen molar-refractivity contribution >= 4 is 35.5 Å². The number of H-pyrrole nitrogens is 3. The van der Waals surface area contributed by atoms with Gasteiger partial charge in [-0.1, -0.05) is 12.2 Å². The number of hydrogen-bond acceptors (Lipinski definition) is 4. The second-order valence-electron chi connectivity index (χ2n) is 2.67. The number of nitriles is 1. The third-order valence-electron chi connectivity index (χ3n) is 1.78. The van der Waals surface area contributed by atoms with Crippen LogP contribution in [0.25, 0.3) is 11.0 Å². The van der Waals surface area contributed by atoms with E-state index in [-0.39, 0.29) is 6.42 Å². The predicted molar refractivity (Wildman–Crippen MR) is 55.8 cm³/mol. The highest BCUT2D eigenvalue weighted by molar-refractivity contribution is 7.72. The number of nitrogens with one attached hydrogen (secondary N) is 3. The van der Waals surface area contributed by atoms with Crippen molar-refractivity contribution in [3.63, 3.8) is 0 Å². The number of rotatable bonds is 1. The molecule has 0 atom stereocenters. The van der Waals surface area contributed by atoms with Crippen LogP contribution in [0.5, 0.6) is 0 Å². The molecular formula is C7H5N5S2. The van der Waals surface area contributed by atoms with Gasteiger partial charge in [0, 0.05) is 0 Å². The minimum absolute atomic E-state index is 0.249. The van der Waals surface area contributed by atoms with E-state index in [4.69, 9.17) is 29.7 Å². The van der Waals surface area contributed by atoms with E-state index < -0.39 is 0 Å². The molecule has 5 nitrogen and oxygen atoms in total. The molecule has 0 aliphatic rings. The molecule has 2 heterocycles. The molecule has 7 heteroatoms. The summed E-state index contributed by atoms with van der Waals surface area (Å²) in [4.78, 5) is 5.65. The first-order valence-electron chi connectivity index (χ1n) is 3.79. The van der Waals surface area contributed by atoms with Gasteiger partial charge in [-0.2, -0.15) is 10.4 Å². The van der Waals surface area contributed by atoms with Crippen LogP contribution in [-0.2, 0) is 6.42 Å². The standard InChI is InChI=1S/C7H5N5S2/c8-2-1-3-4-5(12-11-3)9-7(14)10-6(4)13/h1H2,(H3,9,10,11,12,13,14). The van der Waals surface area contributed by atoms with Crippen molar-refractivity contribution in [2.45, 2.75) is 6.42 Å². The Kier molecular flexibility index (Phi) is 2.15. The summed E-state index contributed by atoms with van der Waals surface area (Å²) >= 11 is 9.99. The van der Waals surface area contributed by atoms with Crippen LogP contribution in [0.3, 0.4) is 0 Å². The van der Waals surface area contributed by atoms with Crippen LogP contribution in [0.1, 0.15) is 5.69 Å². The fourth-order valence-electron chi connectivity index (χ4n) is 1.22. The molecule has 3 N–H and O–H groups in total. The first kappa shape index (κ1) is 9.05. The van der Waals surface area contributed by atoms with Gasteiger partial charge in [0.2, 0.25) is 0 Å². The van der Waals surface area contributed by atoms with Gasteiger partial charge >= 0.3 is 0 Å². The van der Waals surface area contributed by atoms with Crippen molar-refractivity contribution in [2.24, 2.45) is 0 Å². The molecule has 0 amide bonds. The Labute approximate surface area is 88.8 Å². The largest absolute Gasteiger partial charge is 0.323 e. The first-order valence-corrected chi connectivity index (χ1v) is 4.60. The highest BCUT2D eigenvalue weighted by Crippen LogP contribution is 2.14. The molecule has 14 heavy (non-hydrogen) atoms. The Bertz CT molecular complexity index is 626. The quantitative estimate of drug-likeness (QED) is 0.643. The maximum Gasteiger partial charge on any atom is 0.177 e. The van der Waals surface area contributed by atoms with Gasteiger partial charge in [-0.15, -0.1) is 0 Å². The van der Waals surface area contributed by atoms with E-state index in [2.05, 4.69) is 20.2 Å².